The van der Waals surface area contributed by atoms with Crippen LogP contribution < -0.4 is 4.74 Å². The molecule has 0 atom stereocenters. The molecule has 5 rings (SSSR count). The topological polar surface area (TPSA) is 134 Å². The van der Waals surface area contributed by atoms with Gasteiger partial charge >= 0.3 is 0 Å². The number of nitro benzene ring substituents is 1. The number of carbonyl (C=O) groups is 1. The summed E-state index contributed by atoms with van der Waals surface area (Å²) < 4.78 is 11.4. The number of thioether (sulfide) groups is 1. The van der Waals surface area contributed by atoms with Gasteiger partial charge in [0, 0.05) is 17.7 Å². The summed E-state index contributed by atoms with van der Waals surface area (Å²) in [6, 6.07) is 18.5. The number of fused-ring (bicyclic) bond motifs is 1. The number of hydrogen-bond acceptors (Lipinski definition) is 8. The van der Waals surface area contributed by atoms with Crippen molar-refractivity contribution in [3.63, 3.8) is 0 Å². The van der Waals surface area contributed by atoms with Crippen LogP contribution in [0.3, 0.4) is 0 Å². The molecule has 0 saturated heterocycles. The molecule has 0 unspecified atom stereocenters. The van der Waals surface area contributed by atoms with Crippen LogP contribution in [0, 0.1) is 15.5 Å². The highest BCUT2D eigenvalue weighted by Crippen LogP contribution is 2.30. The summed E-state index contributed by atoms with van der Waals surface area (Å²) in [4.78, 5) is 27.2. The van der Waals surface area contributed by atoms with Gasteiger partial charge in [0.15, 0.2) is 5.84 Å². The first kappa shape index (κ1) is 21.3. The second-order valence-electron chi connectivity index (χ2n) is 7.12. The number of nitro groups is 1. The van der Waals surface area contributed by atoms with Gasteiger partial charge in [-0.3, -0.25) is 20.3 Å². The molecule has 0 spiro atoms. The SMILES string of the molecule is N=C1/C(=C\c2ccc(-c3cccc([N+](=O)[O-])c3)o2)C(=O)N=C2SC(COc3ccccc3)=NN12. The number of hydrogen-bond donors (Lipinski definition) is 1. The molecule has 2 aliphatic heterocycles. The standard InChI is InChI=1S/C23H15N5O5S/c24-21-18(12-17-9-10-19(33-17)14-5-4-6-15(11-14)28(30)31)22(29)25-23-27(21)26-20(34-23)13-32-16-7-2-1-3-8-16/h1-12,24H,13H2/b18-12+,24-21?. The maximum absolute atomic E-state index is 12.6. The fourth-order valence-corrected chi connectivity index (χ4v) is 4.05. The molecule has 1 aromatic heterocycles. The highest BCUT2D eigenvalue weighted by Gasteiger charge is 2.36. The third kappa shape index (κ3) is 4.24. The highest BCUT2D eigenvalue weighted by atomic mass is 32.2. The van der Waals surface area contributed by atoms with Crippen molar-refractivity contribution >= 4 is 45.5 Å². The first-order valence-electron chi connectivity index (χ1n) is 9.99. The molecule has 0 aliphatic carbocycles. The summed E-state index contributed by atoms with van der Waals surface area (Å²) in [5.74, 6) is 0.658. The molecule has 168 valence electrons. The number of non-ortho nitro benzene ring substituents is 1. The van der Waals surface area contributed by atoms with E-state index in [-0.39, 0.29) is 28.9 Å². The van der Waals surface area contributed by atoms with Crippen molar-refractivity contribution in [2.24, 2.45) is 10.1 Å². The Balaban J connectivity index is 1.35. The third-order valence-electron chi connectivity index (χ3n) is 4.86. The number of aliphatic imine (C=N–C) groups is 1. The molecule has 2 aromatic carbocycles. The minimum atomic E-state index is -0.586. The van der Waals surface area contributed by atoms with Gasteiger partial charge in [0.25, 0.3) is 11.6 Å². The van der Waals surface area contributed by atoms with Gasteiger partial charge in [0.1, 0.15) is 28.9 Å². The smallest absolute Gasteiger partial charge is 0.283 e. The number of rotatable bonds is 6. The molecule has 3 heterocycles. The molecule has 3 aromatic rings. The predicted octanol–water partition coefficient (Wildman–Crippen LogP) is 4.55. The van der Waals surface area contributed by atoms with Crippen LogP contribution in [0.4, 0.5) is 5.69 Å². The van der Waals surface area contributed by atoms with Crippen LogP contribution in [0.15, 0.2) is 86.8 Å². The number of amidine groups is 2. The molecule has 0 radical (unpaired) electrons. The highest BCUT2D eigenvalue weighted by molar-refractivity contribution is 8.27. The van der Waals surface area contributed by atoms with E-state index in [1.54, 1.807) is 24.3 Å². The Kier molecular flexibility index (Phi) is 5.52. The van der Waals surface area contributed by atoms with E-state index in [0.29, 0.717) is 27.9 Å². The minimum absolute atomic E-state index is 0.0123. The lowest BCUT2D eigenvalue weighted by Crippen LogP contribution is -2.35. The second kappa shape index (κ2) is 8.79. The number of hydrazone groups is 1. The normalized spacial score (nSPS) is 16.4. The van der Waals surface area contributed by atoms with Crippen LogP contribution in [-0.2, 0) is 4.79 Å². The number of carbonyl (C=O) groups excluding carboxylic acids is 1. The van der Waals surface area contributed by atoms with Crippen LogP contribution in [0.1, 0.15) is 5.76 Å². The Morgan fingerprint density at radius 2 is 1.97 bits per heavy atom. The Labute approximate surface area is 196 Å². The maximum Gasteiger partial charge on any atom is 0.283 e. The monoisotopic (exact) mass is 473 g/mol. The van der Waals surface area contributed by atoms with Gasteiger partial charge in [-0.15, -0.1) is 0 Å². The Morgan fingerprint density at radius 3 is 2.76 bits per heavy atom. The summed E-state index contributed by atoms with van der Waals surface area (Å²) in [5, 5.41) is 26.0. The number of para-hydroxylation sites is 1. The average Bonchev–Trinajstić information content (AvgIpc) is 3.48. The predicted molar refractivity (Wildman–Crippen MR) is 128 cm³/mol. The molecule has 0 saturated carbocycles. The third-order valence-corrected chi connectivity index (χ3v) is 5.74. The zero-order valence-electron chi connectivity index (χ0n) is 17.4. The molecule has 10 nitrogen and oxygen atoms in total. The molecule has 1 amide bonds. The van der Waals surface area contributed by atoms with Gasteiger partial charge in [-0.25, -0.2) is 0 Å². The van der Waals surface area contributed by atoms with E-state index in [1.807, 2.05) is 30.3 Å². The van der Waals surface area contributed by atoms with Crippen molar-refractivity contribution in [1.82, 2.24) is 5.01 Å². The van der Waals surface area contributed by atoms with E-state index < -0.39 is 10.8 Å². The van der Waals surface area contributed by atoms with E-state index in [0.717, 1.165) is 0 Å². The van der Waals surface area contributed by atoms with Crippen LogP contribution in [-0.4, -0.2) is 38.5 Å². The fraction of sp³-hybridized carbons (Fsp3) is 0.0435. The van der Waals surface area contributed by atoms with Crippen LogP contribution in [0.25, 0.3) is 17.4 Å². The minimum Gasteiger partial charge on any atom is -0.487 e. The Bertz CT molecular complexity index is 1410. The number of ether oxygens (including phenoxy) is 1. The molecular weight excluding hydrogens is 458 g/mol. The average molecular weight is 473 g/mol. The van der Waals surface area contributed by atoms with E-state index in [4.69, 9.17) is 14.6 Å². The van der Waals surface area contributed by atoms with Gasteiger partial charge in [-0.2, -0.15) is 15.1 Å². The van der Waals surface area contributed by atoms with E-state index in [9.17, 15) is 14.9 Å². The van der Waals surface area contributed by atoms with Gasteiger partial charge in [0.05, 0.1) is 10.5 Å². The van der Waals surface area contributed by atoms with Crippen molar-refractivity contribution < 1.29 is 18.9 Å². The number of nitrogens with one attached hydrogen (secondary N) is 1. The van der Waals surface area contributed by atoms with Crippen LogP contribution >= 0.6 is 11.8 Å². The number of nitrogens with zero attached hydrogens (tertiary/aromatic N) is 4. The van der Waals surface area contributed by atoms with Crippen molar-refractivity contribution in [1.29, 1.82) is 5.41 Å². The quantitative estimate of drug-likeness (QED) is 0.315. The van der Waals surface area contributed by atoms with Crippen molar-refractivity contribution in [2.45, 2.75) is 0 Å². The van der Waals surface area contributed by atoms with E-state index >= 15 is 0 Å². The Morgan fingerprint density at radius 1 is 1.15 bits per heavy atom. The van der Waals surface area contributed by atoms with Crippen LogP contribution in [0.5, 0.6) is 5.75 Å². The molecule has 34 heavy (non-hydrogen) atoms. The first-order chi connectivity index (χ1) is 16.5. The summed E-state index contributed by atoms with van der Waals surface area (Å²) in [5.41, 5.74) is 0.474. The molecule has 11 heteroatoms. The summed E-state index contributed by atoms with van der Waals surface area (Å²) in [6.45, 7) is 0.176. The molecular formula is C23H15N5O5S. The fourth-order valence-electron chi connectivity index (χ4n) is 3.25. The zero-order valence-corrected chi connectivity index (χ0v) is 18.2. The number of amides is 1. The lowest BCUT2D eigenvalue weighted by atomic mass is 10.1. The number of benzene rings is 2. The van der Waals surface area contributed by atoms with Gasteiger partial charge in [-0.05, 0) is 42.1 Å². The van der Waals surface area contributed by atoms with Crippen molar-refractivity contribution in [3.05, 3.63) is 88.2 Å². The van der Waals surface area contributed by atoms with Gasteiger partial charge < -0.3 is 9.15 Å². The van der Waals surface area contributed by atoms with E-state index in [2.05, 4.69) is 10.1 Å². The van der Waals surface area contributed by atoms with Crippen molar-refractivity contribution in [2.75, 3.05) is 6.61 Å². The van der Waals surface area contributed by atoms with E-state index in [1.165, 1.54) is 35.0 Å². The molecule has 0 fully saturated rings. The summed E-state index contributed by atoms with van der Waals surface area (Å²) in [6.07, 6.45) is 1.41. The van der Waals surface area contributed by atoms with Gasteiger partial charge in [0.2, 0.25) is 5.17 Å². The lowest BCUT2D eigenvalue weighted by Gasteiger charge is -2.19. The van der Waals surface area contributed by atoms with Gasteiger partial charge in [-0.1, -0.05) is 30.3 Å². The molecule has 2 aliphatic rings. The Hall–Kier alpha value is -4.51. The molecule has 0 bridgehead atoms. The second-order valence-corrected chi connectivity index (χ2v) is 8.17. The lowest BCUT2D eigenvalue weighted by molar-refractivity contribution is -0.384. The maximum atomic E-state index is 12.6. The largest absolute Gasteiger partial charge is 0.487 e. The summed E-state index contributed by atoms with van der Waals surface area (Å²) in [7, 11) is 0. The molecule has 1 N–H and O–H groups in total. The zero-order chi connectivity index (χ0) is 23.7. The van der Waals surface area contributed by atoms with Crippen LogP contribution in [0.2, 0.25) is 0 Å². The summed E-state index contributed by atoms with van der Waals surface area (Å²) >= 11 is 1.17. The first-order valence-corrected chi connectivity index (χ1v) is 10.8. The van der Waals surface area contributed by atoms with Crippen molar-refractivity contribution in [3.8, 4) is 17.1 Å². The number of furan rings is 1.